The average molecular weight is 382 g/mol. The Kier molecular flexibility index (Phi) is 4.56. The van der Waals surface area contributed by atoms with E-state index in [2.05, 4.69) is 10.1 Å². The summed E-state index contributed by atoms with van der Waals surface area (Å²) in [4.78, 5) is 4.41. The second kappa shape index (κ2) is 7.17. The number of para-hydroxylation sites is 1. The lowest BCUT2D eigenvalue weighted by atomic mass is 10.1. The molecule has 0 saturated heterocycles. The molecule has 4 aromatic rings. The Morgan fingerprint density at radius 1 is 1.07 bits per heavy atom. The van der Waals surface area contributed by atoms with Crippen LogP contribution in [0, 0.1) is 6.92 Å². The van der Waals surface area contributed by atoms with Crippen LogP contribution in [0.3, 0.4) is 0 Å². The lowest BCUT2D eigenvalue weighted by molar-refractivity contribution is 0.270. The molecule has 0 amide bonds. The zero-order valence-electron chi connectivity index (χ0n) is 14.5. The first-order chi connectivity index (χ1) is 13.1. The van der Waals surface area contributed by atoms with Gasteiger partial charge in [0.05, 0.1) is 5.02 Å². The van der Waals surface area contributed by atoms with E-state index in [1.54, 1.807) is 24.3 Å². The third kappa shape index (κ3) is 3.52. The van der Waals surface area contributed by atoms with Gasteiger partial charge in [-0.2, -0.15) is 4.98 Å². The summed E-state index contributed by atoms with van der Waals surface area (Å²) < 4.78 is 16.8. The number of nitrogens with two attached hydrogens (primary N) is 1. The summed E-state index contributed by atoms with van der Waals surface area (Å²) in [6, 6.07) is 16.4. The van der Waals surface area contributed by atoms with E-state index in [1.807, 2.05) is 37.3 Å². The Morgan fingerprint density at radius 3 is 2.78 bits per heavy atom. The van der Waals surface area contributed by atoms with Crippen molar-refractivity contribution in [3.05, 3.63) is 70.9 Å². The minimum Gasteiger partial charge on any atom is -0.484 e. The molecule has 0 aliphatic carbocycles. The molecule has 0 aliphatic heterocycles. The molecule has 6 nitrogen and oxygen atoms in total. The fourth-order valence-corrected chi connectivity index (χ4v) is 2.80. The van der Waals surface area contributed by atoms with Crippen molar-refractivity contribution in [1.29, 1.82) is 0 Å². The van der Waals surface area contributed by atoms with E-state index >= 15 is 0 Å². The summed E-state index contributed by atoms with van der Waals surface area (Å²) in [6.45, 7) is 2.15. The number of benzene rings is 2. The molecule has 2 aromatic heterocycles. The summed E-state index contributed by atoms with van der Waals surface area (Å²) in [5.74, 6) is 2.42. The van der Waals surface area contributed by atoms with E-state index in [0.29, 0.717) is 33.8 Å². The van der Waals surface area contributed by atoms with Gasteiger partial charge in [-0.25, -0.2) is 0 Å². The molecular formula is C20H16ClN3O3. The largest absolute Gasteiger partial charge is 0.484 e. The maximum Gasteiger partial charge on any atom is 0.293 e. The van der Waals surface area contributed by atoms with Crippen molar-refractivity contribution in [3.8, 4) is 28.8 Å². The van der Waals surface area contributed by atoms with E-state index in [9.17, 15) is 0 Å². The van der Waals surface area contributed by atoms with E-state index < -0.39 is 0 Å². The van der Waals surface area contributed by atoms with E-state index in [1.165, 1.54) is 0 Å². The summed E-state index contributed by atoms with van der Waals surface area (Å²) in [5.41, 5.74) is 8.34. The first-order valence-corrected chi connectivity index (χ1v) is 8.65. The second-order valence-corrected chi connectivity index (χ2v) is 6.34. The van der Waals surface area contributed by atoms with Crippen molar-refractivity contribution >= 4 is 17.3 Å². The summed E-state index contributed by atoms with van der Waals surface area (Å²) in [6.07, 6.45) is 0. The first kappa shape index (κ1) is 17.2. The number of hydrogen-bond donors (Lipinski definition) is 1. The molecule has 0 bridgehead atoms. The van der Waals surface area contributed by atoms with Gasteiger partial charge in [0.1, 0.15) is 18.1 Å². The van der Waals surface area contributed by atoms with Crippen LogP contribution in [0.1, 0.15) is 11.3 Å². The summed E-state index contributed by atoms with van der Waals surface area (Å²) >= 11 is 6.08. The van der Waals surface area contributed by atoms with E-state index in [0.717, 1.165) is 11.1 Å². The van der Waals surface area contributed by atoms with E-state index in [4.69, 9.17) is 31.0 Å². The third-order valence-electron chi connectivity index (χ3n) is 4.12. The third-order valence-corrected chi connectivity index (χ3v) is 4.43. The Labute approximate surface area is 160 Å². The van der Waals surface area contributed by atoms with Crippen LogP contribution in [-0.4, -0.2) is 10.1 Å². The number of nitrogens with zero attached hydrogens (tertiary/aromatic N) is 2. The van der Waals surface area contributed by atoms with Crippen LogP contribution < -0.4 is 10.5 Å². The number of nitrogen functional groups attached to an aromatic ring is 1. The molecular weight excluding hydrogens is 366 g/mol. The number of aromatic nitrogens is 2. The lowest BCUT2D eigenvalue weighted by Crippen LogP contribution is -1.94. The van der Waals surface area contributed by atoms with Crippen LogP contribution in [-0.2, 0) is 6.61 Å². The van der Waals surface area contributed by atoms with Gasteiger partial charge < -0.3 is 19.4 Å². The van der Waals surface area contributed by atoms with Gasteiger partial charge in [0.15, 0.2) is 5.76 Å². The molecule has 4 rings (SSSR count). The molecule has 7 heteroatoms. The number of hydrogen-bond acceptors (Lipinski definition) is 6. The van der Waals surface area contributed by atoms with Gasteiger partial charge in [0.2, 0.25) is 5.82 Å². The molecule has 136 valence electrons. The van der Waals surface area contributed by atoms with Crippen molar-refractivity contribution in [1.82, 2.24) is 10.1 Å². The SMILES string of the molecule is Cc1c(N)cccc1-c1noc(-c2ccc(COc3ccccc3Cl)o2)n1. The fraction of sp³-hybridized carbons (Fsp3) is 0.100. The number of rotatable bonds is 5. The molecule has 2 heterocycles. The van der Waals surface area contributed by atoms with Gasteiger partial charge in [0.25, 0.3) is 5.89 Å². The standard InChI is InChI=1S/C20H16ClN3O3/c1-12-14(5-4-7-16(12)22)19-23-20(27-24-19)18-10-9-13(26-18)11-25-17-8-3-2-6-15(17)21/h2-10H,11,22H2,1H3. The zero-order valence-corrected chi connectivity index (χ0v) is 15.2. The molecule has 0 unspecified atom stereocenters. The topological polar surface area (TPSA) is 87.3 Å². The highest BCUT2D eigenvalue weighted by molar-refractivity contribution is 6.32. The zero-order chi connectivity index (χ0) is 18.8. The maximum atomic E-state index is 6.08. The van der Waals surface area contributed by atoms with Gasteiger partial charge in [-0.05, 0) is 42.8 Å². The second-order valence-electron chi connectivity index (χ2n) is 5.93. The highest BCUT2D eigenvalue weighted by atomic mass is 35.5. The Balaban J connectivity index is 1.51. The number of halogens is 1. The van der Waals surface area contributed by atoms with Crippen molar-refractivity contribution in [2.45, 2.75) is 13.5 Å². The Bertz CT molecular complexity index is 1090. The van der Waals surface area contributed by atoms with Crippen LogP contribution >= 0.6 is 11.6 Å². The summed E-state index contributed by atoms with van der Waals surface area (Å²) in [5, 5.41) is 4.57. The van der Waals surface area contributed by atoms with E-state index in [-0.39, 0.29) is 12.5 Å². The molecule has 0 radical (unpaired) electrons. The van der Waals surface area contributed by atoms with Crippen molar-refractivity contribution in [2.75, 3.05) is 5.73 Å². The van der Waals surface area contributed by atoms with Crippen LogP contribution in [0.15, 0.2) is 63.5 Å². The highest BCUT2D eigenvalue weighted by Gasteiger charge is 2.16. The average Bonchev–Trinajstić information content (AvgIpc) is 3.33. The first-order valence-electron chi connectivity index (χ1n) is 8.27. The fourth-order valence-electron chi connectivity index (χ4n) is 2.61. The molecule has 0 spiro atoms. The minimum atomic E-state index is 0.235. The molecule has 2 N–H and O–H groups in total. The van der Waals surface area contributed by atoms with Crippen molar-refractivity contribution < 1.29 is 13.7 Å². The van der Waals surface area contributed by atoms with Crippen molar-refractivity contribution in [3.63, 3.8) is 0 Å². The Hall–Kier alpha value is -3.25. The maximum absolute atomic E-state index is 6.08. The van der Waals surface area contributed by atoms with Crippen LogP contribution in [0.4, 0.5) is 5.69 Å². The summed E-state index contributed by atoms with van der Waals surface area (Å²) in [7, 11) is 0. The van der Waals surface area contributed by atoms with Gasteiger partial charge >= 0.3 is 0 Å². The lowest BCUT2D eigenvalue weighted by Gasteiger charge is -2.05. The van der Waals surface area contributed by atoms with Gasteiger partial charge in [-0.3, -0.25) is 0 Å². The normalized spacial score (nSPS) is 10.9. The number of furan rings is 1. The predicted molar refractivity (Wildman–Crippen MR) is 102 cm³/mol. The van der Waals surface area contributed by atoms with Gasteiger partial charge in [0, 0.05) is 11.3 Å². The molecule has 0 saturated carbocycles. The Morgan fingerprint density at radius 2 is 1.93 bits per heavy atom. The molecule has 0 aliphatic rings. The minimum absolute atomic E-state index is 0.235. The van der Waals surface area contributed by atoms with Crippen LogP contribution in [0.5, 0.6) is 5.75 Å². The quantitative estimate of drug-likeness (QED) is 0.483. The molecule has 2 aromatic carbocycles. The smallest absolute Gasteiger partial charge is 0.293 e. The predicted octanol–water partition coefficient (Wildman–Crippen LogP) is 5.12. The van der Waals surface area contributed by atoms with Gasteiger partial charge in [-0.1, -0.05) is 41.0 Å². The molecule has 27 heavy (non-hydrogen) atoms. The number of anilines is 1. The molecule has 0 fully saturated rings. The molecule has 0 atom stereocenters. The van der Waals surface area contributed by atoms with Crippen molar-refractivity contribution in [2.24, 2.45) is 0 Å². The van der Waals surface area contributed by atoms with Crippen LogP contribution in [0.25, 0.3) is 23.0 Å². The monoisotopic (exact) mass is 381 g/mol. The van der Waals surface area contributed by atoms with Crippen LogP contribution in [0.2, 0.25) is 5.02 Å². The van der Waals surface area contributed by atoms with Gasteiger partial charge in [-0.15, -0.1) is 0 Å². The highest BCUT2D eigenvalue weighted by Crippen LogP contribution is 2.29. The number of ether oxygens (including phenoxy) is 1.